The number of halogens is 1. The second kappa shape index (κ2) is 8.66. The molecule has 1 aliphatic heterocycles. The highest BCUT2D eigenvalue weighted by Gasteiger charge is 2.28. The van der Waals surface area contributed by atoms with Crippen LogP contribution < -0.4 is 4.72 Å². The van der Waals surface area contributed by atoms with Crippen LogP contribution in [0, 0.1) is 0 Å². The first-order valence-electron chi connectivity index (χ1n) is 8.95. The maximum atomic E-state index is 12.9. The van der Waals surface area contributed by atoms with E-state index in [0.717, 1.165) is 32.2 Å². The second-order valence-electron chi connectivity index (χ2n) is 6.84. The summed E-state index contributed by atoms with van der Waals surface area (Å²) in [7, 11) is -7.45. The van der Waals surface area contributed by atoms with Gasteiger partial charge in [0, 0.05) is 17.3 Å². The van der Waals surface area contributed by atoms with Crippen molar-refractivity contribution in [1.29, 1.82) is 0 Å². The Bertz CT molecular complexity index is 1010. The molecule has 0 saturated carbocycles. The van der Waals surface area contributed by atoms with Crippen LogP contribution in [0.4, 0.5) is 0 Å². The quantitative estimate of drug-likeness (QED) is 0.640. The van der Waals surface area contributed by atoms with E-state index in [1.807, 2.05) is 6.07 Å². The van der Waals surface area contributed by atoms with Gasteiger partial charge in [-0.15, -0.1) is 0 Å². The lowest BCUT2D eigenvalue weighted by Gasteiger charge is -2.33. The van der Waals surface area contributed by atoms with E-state index in [4.69, 9.17) is 4.42 Å². The minimum atomic E-state index is -3.93. The first-order valence-corrected chi connectivity index (χ1v) is 13.1. The number of furan rings is 1. The van der Waals surface area contributed by atoms with Crippen LogP contribution >= 0.6 is 15.9 Å². The fraction of sp³-hybridized carbons (Fsp3) is 0.444. The summed E-state index contributed by atoms with van der Waals surface area (Å²) in [5.74, 6) is 0.702. The molecular formula is C18H23BrN2O5S2. The summed E-state index contributed by atoms with van der Waals surface area (Å²) in [6.45, 7) is 1.88. The summed E-state index contributed by atoms with van der Waals surface area (Å²) in [5.41, 5.74) is 0. The Morgan fingerprint density at radius 3 is 2.46 bits per heavy atom. The summed E-state index contributed by atoms with van der Waals surface area (Å²) < 4.78 is 57.9. The van der Waals surface area contributed by atoms with Crippen molar-refractivity contribution in [3.8, 4) is 0 Å². The van der Waals surface area contributed by atoms with Crippen LogP contribution in [0.25, 0.3) is 0 Å². The molecule has 3 rings (SSSR count). The third-order valence-electron chi connectivity index (χ3n) is 4.79. The molecule has 1 saturated heterocycles. The molecule has 0 bridgehead atoms. The fourth-order valence-electron chi connectivity index (χ4n) is 3.31. The van der Waals surface area contributed by atoms with E-state index in [9.17, 15) is 16.8 Å². The Hall–Kier alpha value is -1.20. The Kier molecular flexibility index (Phi) is 6.65. The topological polar surface area (TPSA) is 96.7 Å². The van der Waals surface area contributed by atoms with Crippen molar-refractivity contribution in [2.24, 2.45) is 0 Å². The van der Waals surface area contributed by atoms with Crippen LogP contribution in [-0.4, -0.2) is 47.6 Å². The lowest BCUT2D eigenvalue weighted by atomic mass is 10.1. The molecule has 2 aromatic rings. The molecule has 1 aromatic heterocycles. The number of likely N-dealkylation sites (tertiary alicyclic amines) is 1. The van der Waals surface area contributed by atoms with Crippen LogP contribution in [0.2, 0.25) is 0 Å². The number of sulfonamides is 1. The Morgan fingerprint density at radius 2 is 1.86 bits per heavy atom. The zero-order valence-electron chi connectivity index (χ0n) is 15.5. The summed E-state index contributed by atoms with van der Waals surface area (Å²) in [6, 6.07) is 7.38. The lowest BCUT2D eigenvalue weighted by molar-refractivity contribution is 0.147. The molecule has 154 valence electrons. The summed E-state index contributed by atoms with van der Waals surface area (Å²) in [4.78, 5) is 2.06. The van der Waals surface area contributed by atoms with Crippen molar-refractivity contribution in [1.82, 2.24) is 9.62 Å². The van der Waals surface area contributed by atoms with Gasteiger partial charge in [-0.2, -0.15) is 0 Å². The number of sulfone groups is 1. The molecule has 0 spiro atoms. The predicted octanol–water partition coefficient (Wildman–Crippen LogP) is 2.95. The number of rotatable bonds is 7. The standard InChI is InChI=1S/C18H23BrN2O5S2/c1-27(22,23)14-7-8-15(19)18(12-14)28(24,25)20-13-16(17-6-5-11-26-17)21-9-3-2-4-10-21/h5-8,11-12,16,20H,2-4,9-10,13H2,1H3. The summed E-state index contributed by atoms with van der Waals surface area (Å²) >= 11 is 3.21. The van der Waals surface area contributed by atoms with E-state index in [-0.39, 0.29) is 22.4 Å². The molecule has 1 unspecified atom stereocenters. The molecule has 0 aliphatic carbocycles. The molecule has 28 heavy (non-hydrogen) atoms. The second-order valence-corrected chi connectivity index (χ2v) is 11.4. The van der Waals surface area contributed by atoms with Gasteiger partial charge in [-0.3, -0.25) is 4.90 Å². The molecule has 7 nitrogen and oxygen atoms in total. The monoisotopic (exact) mass is 490 g/mol. The minimum absolute atomic E-state index is 0.0466. The van der Waals surface area contributed by atoms with Gasteiger partial charge in [-0.25, -0.2) is 21.6 Å². The van der Waals surface area contributed by atoms with E-state index in [1.54, 1.807) is 12.3 Å². The number of hydrogen-bond acceptors (Lipinski definition) is 6. The zero-order chi connectivity index (χ0) is 20.4. The van der Waals surface area contributed by atoms with E-state index in [2.05, 4.69) is 25.6 Å². The third kappa shape index (κ3) is 5.04. The van der Waals surface area contributed by atoms with Crippen molar-refractivity contribution in [3.05, 3.63) is 46.8 Å². The van der Waals surface area contributed by atoms with Crippen LogP contribution in [0.15, 0.2) is 55.3 Å². The van der Waals surface area contributed by atoms with E-state index in [0.29, 0.717) is 10.2 Å². The largest absolute Gasteiger partial charge is 0.468 e. The fourth-order valence-corrected chi connectivity index (χ4v) is 6.05. The van der Waals surface area contributed by atoms with Gasteiger partial charge in [-0.05, 0) is 72.2 Å². The van der Waals surface area contributed by atoms with Crippen molar-refractivity contribution in [3.63, 3.8) is 0 Å². The van der Waals surface area contributed by atoms with Crippen molar-refractivity contribution < 1.29 is 21.3 Å². The Balaban J connectivity index is 1.85. The van der Waals surface area contributed by atoms with Gasteiger partial charge in [0.05, 0.1) is 22.1 Å². The van der Waals surface area contributed by atoms with Crippen molar-refractivity contribution >= 4 is 35.8 Å². The van der Waals surface area contributed by atoms with Crippen molar-refractivity contribution in [2.75, 3.05) is 25.9 Å². The van der Waals surface area contributed by atoms with Gasteiger partial charge in [0.2, 0.25) is 10.0 Å². The number of nitrogens with zero attached hydrogens (tertiary/aromatic N) is 1. The number of nitrogens with one attached hydrogen (secondary N) is 1. The molecule has 1 fully saturated rings. The molecular weight excluding hydrogens is 468 g/mol. The van der Waals surface area contributed by atoms with E-state index in [1.165, 1.54) is 24.6 Å². The van der Waals surface area contributed by atoms with Gasteiger partial charge in [0.25, 0.3) is 0 Å². The molecule has 0 radical (unpaired) electrons. The third-order valence-corrected chi connectivity index (χ3v) is 8.32. The van der Waals surface area contributed by atoms with E-state index >= 15 is 0 Å². The van der Waals surface area contributed by atoms with Crippen molar-refractivity contribution in [2.45, 2.75) is 35.1 Å². The molecule has 1 aliphatic rings. The molecule has 1 aromatic carbocycles. The predicted molar refractivity (Wildman–Crippen MR) is 109 cm³/mol. The average Bonchev–Trinajstić information content (AvgIpc) is 3.16. The number of piperidine rings is 1. The van der Waals surface area contributed by atoms with Crippen LogP contribution in [0.5, 0.6) is 0 Å². The van der Waals surface area contributed by atoms with Gasteiger partial charge in [0.1, 0.15) is 5.76 Å². The molecule has 1 N–H and O–H groups in total. The number of hydrogen-bond donors (Lipinski definition) is 1. The maximum Gasteiger partial charge on any atom is 0.241 e. The molecule has 2 heterocycles. The summed E-state index contributed by atoms with van der Waals surface area (Å²) in [5, 5.41) is 0. The highest BCUT2D eigenvalue weighted by molar-refractivity contribution is 9.10. The first-order chi connectivity index (χ1) is 13.2. The maximum absolute atomic E-state index is 12.9. The zero-order valence-corrected chi connectivity index (χ0v) is 18.7. The van der Waals surface area contributed by atoms with Crippen LogP contribution in [0.1, 0.15) is 31.1 Å². The summed E-state index contributed by atoms with van der Waals surface area (Å²) in [6.07, 6.45) is 5.91. The highest BCUT2D eigenvalue weighted by atomic mass is 79.9. The first kappa shape index (κ1) is 21.5. The van der Waals surface area contributed by atoms with Crippen LogP contribution in [0.3, 0.4) is 0 Å². The van der Waals surface area contributed by atoms with E-state index < -0.39 is 19.9 Å². The molecule has 0 amide bonds. The average molecular weight is 491 g/mol. The highest BCUT2D eigenvalue weighted by Crippen LogP contribution is 2.28. The number of benzene rings is 1. The van der Waals surface area contributed by atoms with Gasteiger partial charge >= 0.3 is 0 Å². The van der Waals surface area contributed by atoms with Gasteiger partial charge in [-0.1, -0.05) is 6.42 Å². The Morgan fingerprint density at radius 1 is 1.14 bits per heavy atom. The Labute approximate surface area is 174 Å². The van der Waals surface area contributed by atoms with Gasteiger partial charge in [0.15, 0.2) is 9.84 Å². The minimum Gasteiger partial charge on any atom is -0.468 e. The molecule has 10 heteroatoms. The van der Waals surface area contributed by atoms with Gasteiger partial charge < -0.3 is 4.42 Å². The normalized spacial score (nSPS) is 17.5. The SMILES string of the molecule is CS(=O)(=O)c1ccc(Br)c(S(=O)(=O)NCC(c2ccco2)N2CCCCC2)c1. The lowest BCUT2D eigenvalue weighted by Crippen LogP contribution is -2.40. The van der Waals surface area contributed by atoms with Crippen LogP contribution in [-0.2, 0) is 19.9 Å². The smallest absolute Gasteiger partial charge is 0.241 e. The molecule has 1 atom stereocenters.